The number of alkyl halides is 3. The van der Waals surface area contributed by atoms with Gasteiger partial charge in [0.1, 0.15) is 0 Å². The summed E-state index contributed by atoms with van der Waals surface area (Å²) >= 11 is 5.25. The molecule has 1 fully saturated rings. The second-order valence-electron chi connectivity index (χ2n) is 4.99. The SMILES string of the molecule is FC(F)(F)c1ccc2c(c1)[nH]c(=S)n2N1CCCCC1. The molecule has 3 nitrogen and oxygen atoms in total. The second kappa shape index (κ2) is 4.80. The highest BCUT2D eigenvalue weighted by molar-refractivity contribution is 7.71. The number of H-pyrrole nitrogens is 1. The van der Waals surface area contributed by atoms with Crippen molar-refractivity contribution in [3.8, 4) is 0 Å². The molecule has 3 rings (SSSR count). The Hall–Kier alpha value is -1.50. The zero-order valence-electron chi connectivity index (χ0n) is 10.7. The van der Waals surface area contributed by atoms with Gasteiger partial charge in [0.15, 0.2) is 4.77 Å². The molecule has 1 saturated heterocycles. The van der Waals surface area contributed by atoms with Crippen molar-refractivity contribution in [3.05, 3.63) is 28.5 Å². The molecule has 0 radical (unpaired) electrons. The molecule has 1 aliphatic rings. The van der Waals surface area contributed by atoms with Crippen molar-refractivity contribution < 1.29 is 13.2 Å². The first-order chi connectivity index (χ1) is 9.47. The van der Waals surface area contributed by atoms with E-state index in [1.54, 1.807) is 0 Å². The van der Waals surface area contributed by atoms with Crippen molar-refractivity contribution in [2.45, 2.75) is 25.4 Å². The molecule has 2 heterocycles. The van der Waals surface area contributed by atoms with Crippen molar-refractivity contribution in [2.75, 3.05) is 18.1 Å². The van der Waals surface area contributed by atoms with Crippen LogP contribution in [-0.4, -0.2) is 22.7 Å². The normalized spacial score (nSPS) is 16.9. The quantitative estimate of drug-likeness (QED) is 0.809. The van der Waals surface area contributed by atoms with E-state index in [4.69, 9.17) is 12.2 Å². The Bertz CT molecular complexity index is 680. The number of aromatic nitrogens is 2. The second-order valence-corrected chi connectivity index (χ2v) is 5.37. The number of aromatic amines is 1. The molecular formula is C13H14F3N3S. The Morgan fingerprint density at radius 3 is 2.45 bits per heavy atom. The maximum absolute atomic E-state index is 12.7. The molecule has 1 aromatic heterocycles. The van der Waals surface area contributed by atoms with Crippen LogP contribution in [0.1, 0.15) is 24.8 Å². The molecule has 0 bridgehead atoms. The van der Waals surface area contributed by atoms with Gasteiger partial charge in [-0.25, -0.2) is 4.68 Å². The average Bonchev–Trinajstić information content (AvgIpc) is 2.73. The van der Waals surface area contributed by atoms with Crippen molar-refractivity contribution in [2.24, 2.45) is 0 Å². The van der Waals surface area contributed by atoms with Crippen molar-refractivity contribution in [3.63, 3.8) is 0 Å². The summed E-state index contributed by atoms with van der Waals surface area (Å²) in [6.45, 7) is 1.75. The van der Waals surface area contributed by atoms with Gasteiger partial charge >= 0.3 is 6.18 Å². The standard InChI is InChI=1S/C13H14F3N3S/c14-13(15,16)9-4-5-11-10(8-9)17-12(20)19(11)18-6-2-1-3-7-18/h4-5,8H,1-3,6-7H2,(H,17,20). The maximum Gasteiger partial charge on any atom is 0.416 e. The summed E-state index contributed by atoms with van der Waals surface area (Å²) in [6, 6.07) is 3.70. The Balaban J connectivity index is 2.10. The van der Waals surface area contributed by atoms with Gasteiger partial charge in [-0.2, -0.15) is 13.2 Å². The molecule has 108 valence electrons. The summed E-state index contributed by atoms with van der Waals surface area (Å²) in [7, 11) is 0. The fourth-order valence-electron chi connectivity index (χ4n) is 2.63. The summed E-state index contributed by atoms with van der Waals surface area (Å²) in [6.07, 6.45) is -0.995. The minimum absolute atomic E-state index is 0.426. The molecule has 20 heavy (non-hydrogen) atoms. The van der Waals surface area contributed by atoms with Gasteiger partial charge < -0.3 is 9.99 Å². The van der Waals surface area contributed by atoms with Crippen LogP contribution in [0, 0.1) is 4.77 Å². The molecule has 1 aliphatic heterocycles. The lowest BCUT2D eigenvalue weighted by Gasteiger charge is -2.29. The van der Waals surface area contributed by atoms with E-state index in [2.05, 4.69) is 9.99 Å². The first-order valence-corrected chi connectivity index (χ1v) is 6.95. The number of nitrogens with one attached hydrogen (secondary N) is 1. The highest BCUT2D eigenvalue weighted by Crippen LogP contribution is 2.31. The molecule has 1 aromatic carbocycles. The Kier molecular flexibility index (Phi) is 3.24. The Morgan fingerprint density at radius 2 is 1.80 bits per heavy atom. The molecule has 0 aliphatic carbocycles. The van der Waals surface area contributed by atoms with Crippen LogP contribution in [0.4, 0.5) is 13.2 Å². The van der Waals surface area contributed by atoms with Crippen LogP contribution >= 0.6 is 12.2 Å². The van der Waals surface area contributed by atoms with Gasteiger partial charge in [-0.1, -0.05) is 0 Å². The highest BCUT2D eigenvalue weighted by Gasteiger charge is 2.31. The van der Waals surface area contributed by atoms with Crippen LogP contribution in [0.3, 0.4) is 0 Å². The maximum atomic E-state index is 12.7. The lowest BCUT2D eigenvalue weighted by molar-refractivity contribution is -0.137. The van der Waals surface area contributed by atoms with Gasteiger partial charge in [-0.3, -0.25) is 0 Å². The van der Waals surface area contributed by atoms with Crippen LogP contribution in [0.25, 0.3) is 11.0 Å². The van der Waals surface area contributed by atoms with Gasteiger partial charge in [0, 0.05) is 13.1 Å². The topological polar surface area (TPSA) is 24.0 Å². The summed E-state index contributed by atoms with van der Waals surface area (Å²) in [5.41, 5.74) is 0.465. The number of hydrogen-bond donors (Lipinski definition) is 1. The van der Waals surface area contributed by atoms with E-state index in [1.807, 2.05) is 4.68 Å². The molecule has 7 heteroatoms. The van der Waals surface area contributed by atoms with E-state index in [-0.39, 0.29) is 0 Å². The summed E-state index contributed by atoms with van der Waals surface area (Å²) in [5, 5.41) is 2.10. The van der Waals surface area contributed by atoms with Gasteiger partial charge in [0.25, 0.3) is 0 Å². The first-order valence-electron chi connectivity index (χ1n) is 6.54. The predicted molar refractivity (Wildman–Crippen MR) is 73.9 cm³/mol. The number of nitrogens with zero attached hydrogens (tertiary/aromatic N) is 2. The third-order valence-corrected chi connectivity index (χ3v) is 3.88. The van der Waals surface area contributed by atoms with Crippen LogP contribution in [-0.2, 0) is 6.18 Å². The van der Waals surface area contributed by atoms with Gasteiger partial charge in [-0.05, 0) is 49.7 Å². The Labute approximate surface area is 119 Å². The van der Waals surface area contributed by atoms with E-state index in [0.717, 1.165) is 38.1 Å². The lowest BCUT2D eigenvalue weighted by atomic mass is 10.1. The van der Waals surface area contributed by atoms with Gasteiger partial charge in [0.05, 0.1) is 16.6 Å². The molecule has 1 N–H and O–H groups in total. The van der Waals surface area contributed by atoms with E-state index in [0.29, 0.717) is 15.8 Å². The highest BCUT2D eigenvalue weighted by atomic mass is 32.1. The number of halogens is 3. The minimum atomic E-state index is -4.34. The first kappa shape index (κ1) is 13.5. The minimum Gasteiger partial charge on any atom is -0.329 e. The van der Waals surface area contributed by atoms with Gasteiger partial charge in [0.2, 0.25) is 0 Å². The van der Waals surface area contributed by atoms with Crippen molar-refractivity contribution >= 4 is 23.3 Å². The third kappa shape index (κ3) is 2.30. The molecular weight excluding hydrogens is 287 g/mol. The zero-order chi connectivity index (χ0) is 14.3. The van der Waals surface area contributed by atoms with Crippen LogP contribution in [0.2, 0.25) is 0 Å². The summed E-state index contributed by atoms with van der Waals surface area (Å²) in [4.78, 5) is 2.87. The van der Waals surface area contributed by atoms with E-state index >= 15 is 0 Å². The molecule has 0 spiro atoms. The number of hydrogen-bond acceptors (Lipinski definition) is 2. The van der Waals surface area contributed by atoms with Crippen LogP contribution in [0.15, 0.2) is 18.2 Å². The van der Waals surface area contributed by atoms with E-state index in [1.165, 1.54) is 12.5 Å². The van der Waals surface area contributed by atoms with Crippen LogP contribution < -0.4 is 5.01 Å². The fraction of sp³-hybridized carbons (Fsp3) is 0.462. The fourth-order valence-corrected chi connectivity index (χ4v) is 2.96. The monoisotopic (exact) mass is 301 g/mol. The van der Waals surface area contributed by atoms with E-state index < -0.39 is 11.7 Å². The van der Waals surface area contributed by atoms with Gasteiger partial charge in [-0.15, -0.1) is 0 Å². The average molecular weight is 301 g/mol. The predicted octanol–water partition coefficient (Wildman–Crippen LogP) is 3.84. The molecule has 2 aromatic rings. The number of rotatable bonds is 1. The number of fused-ring (bicyclic) bond motifs is 1. The lowest BCUT2D eigenvalue weighted by Crippen LogP contribution is -2.39. The molecule has 0 amide bonds. The van der Waals surface area contributed by atoms with Crippen LogP contribution in [0.5, 0.6) is 0 Å². The Morgan fingerprint density at radius 1 is 1.10 bits per heavy atom. The van der Waals surface area contributed by atoms with Crippen molar-refractivity contribution in [1.82, 2.24) is 9.66 Å². The number of benzene rings is 1. The number of imidazole rings is 1. The van der Waals surface area contributed by atoms with Crippen molar-refractivity contribution in [1.29, 1.82) is 0 Å². The molecule has 0 unspecified atom stereocenters. The molecule has 0 atom stereocenters. The molecule has 0 saturated carbocycles. The summed E-state index contributed by atoms with van der Waals surface area (Å²) in [5.74, 6) is 0. The zero-order valence-corrected chi connectivity index (χ0v) is 11.5. The largest absolute Gasteiger partial charge is 0.416 e. The summed E-state index contributed by atoms with van der Waals surface area (Å²) < 4.78 is 40.4. The smallest absolute Gasteiger partial charge is 0.329 e. The number of piperidine rings is 1. The third-order valence-electron chi connectivity index (χ3n) is 3.60. The van der Waals surface area contributed by atoms with E-state index in [9.17, 15) is 13.2 Å².